The maximum absolute atomic E-state index is 12.0. The van der Waals surface area contributed by atoms with Gasteiger partial charge in [0.25, 0.3) is 0 Å². The van der Waals surface area contributed by atoms with E-state index in [2.05, 4.69) is 4.90 Å². The molecule has 104 valence electrons. The van der Waals surface area contributed by atoms with Gasteiger partial charge in [0.15, 0.2) is 5.78 Å². The molecule has 0 radical (unpaired) electrons. The van der Waals surface area contributed by atoms with E-state index in [4.69, 9.17) is 4.74 Å². The normalized spacial score (nSPS) is 17.4. The number of hydrogen-bond acceptors (Lipinski definition) is 4. The lowest BCUT2D eigenvalue weighted by molar-refractivity contribution is 0.0341. The van der Waals surface area contributed by atoms with Crippen molar-refractivity contribution in [2.24, 2.45) is 0 Å². The zero-order valence-electron chi connectivity index (χ0n) is 11.6. The zero-order chi connectivity index (χ0) is 13.9. The van der Waals surface area contributed by atoms with Crippen LogP contribution in [0, 0.1) is 0 Å². The van der Waals surface area contributed by atoms with Crippen molar-refractivity contribution in [1.29, 1.82) is 0 Å². The van der Waals surface area contributed by atoms with E-state index in [1.165, 1.54) is 13.8 Å². The van der Waals surface area contributed by atoms with E-state index in [1.807, 2.05) is 18.2 Å². The molecule has 2 rings (SSSR count). The van der Waals surface area contributed by atoms with Crippen molar-refractivity contribution >= 4 is 5.78 Å². The number of ether oxygens (including phenoxy) is 1. The van der Waals surface area contributed by atoms with Gasteiger partial charge >= 0.3 is 0 Å². The summed E-state index contributed by atoms with van der Waals surface area (Å²) in [7, 11) is 0. The summed E-state index contributed by atoms with van der Waals surface area (Å²) < 4.78 is 5.32. The molecule has 1 aliphatic rings. The summed E-state index contributed by atoms with van der Waals surface area (Å²) in [6, 6.07) is 7.50. The smallest absolute Gasteiger partial charge is 0.193 e. The van der Waals surface area contributed by atoms with E-state index in [0.717, 1.165) is 38.4 Å². The summed E-state index contributed by atoms with van der Waals surface area (Å²) in [5.74, 6) is -0.240. The average Bonchev–Trinajstić information content (AvgIpc) is 2.38. The molecule has 0 aromatic heterocycles. The number of ketones is 1. The Morgan fingerprint density at radius 1 is 1.37 bits per heavy atom. The Bertz CT molecular complexity index is 445. The lowest BCUT2D eigenvalue weighted by Gasteiger charge is -2.26. The van der Waals surface area contributed by atoms with Crippen molar-refractivity contribution in [3.05, 3.63) is 35.4 Å². The number of aliphatic hydroxyl groups is 1. The van der Waals surface area contributed by atoms with Crippen molar-refractivity contribution in [3.63, 3.8) is 0 Å². The molecule has 0 amide bonds. The van der Waals surface area contributed by atoms with Crippen LogP contribution in [0.1, 0.15) is 29.8 Å². The van der Waals surface area contributed by atoms with Crippen molar-refractivity contribution < 1.29 is 14.6 Å². The van der Waals surface area contributed by atoms with Crippen LogP contribution in [-0.2, 0) is 11.3 Å². The summed E-state index contributed by atoms with van der Waals surface area (Å²) in [5.41, 5.74) is 0.340. The van der Waals surface area contributed by atoms with Crippen LogP contribution < -0.4 is 0 Å². The third-order valence-corrected chi connectivity index (χ3v) is 3.25. The van der Waals surface area contributed by atoms with Gasteiger partial charge in [-0.1, -0.05) is 18.2 Å². The lowest BCUT2D eigenvalue weighted by atomic mass is 9.95. The number of benzene rings is 1. The van der Waals surface area contributed by atoms with Crippen molar-refractivity contribution in [2.75, 3.05) is 26.3 Å². The molecule has 1 aliphatic heterocycles. The molecule has 0 saturated carbocycles. The summed E-state index contributed by atoms with van der Waals surface area (Å²) in [6.45, 7) is 7.22. The molecule has 1 N–H and O–H groups in total. The number of Topliss-reactive ketones (excluding diaryl/α,β-unsaturated/α-hetero) is 1. The standard InChI is InChI=1S/C15H21NO3/c1-15(2,18)14(17)13-5-3-4-12(10-13)11-16-6-8-19-9-7-16/h3-5,10,18H,6-9,11H2,1-2H3. The van der Waals surface area contributed by atoms with Crippen LogP contribution in [0.4, 0.5) is 0 Å². The molecule has 1 aromatic rings. The highest BCUT2D eigenvalue weighted by molar-refractivity contribution is 6.01. The first-order valence-electron chi connectivity index (χ1n) is 6.63. The third kappa shape index (κ3) is 3.86. The van der Waals surface area contributed by atoms with Crippen LogP contribution in [0.2, 0.25) is 0 Å². The maximum atomic E-state index is 12.0. The highest BCUT2D eigenvalue weighted by atomic mass is 16.5. The van der Waals surface area contributed by atoms with Crippen LogP contribution >= 0.6 is 0 Å². The van der Waals surface area contributed by atoms with Gasteiger partial charge in [0.2, 0.25) is 0 Å². The molecular formula is C15H21NO3. The molecular weight excluding hydrogens is 242 g/mol. The Balaban J connectivity index is 2.08. The predicted octanol–water partition coefficient (Wildman–Crippen LogP) is 1.47. The molecule has 1 aromatic carbocycles. The van der Waals surface area contributed by atoms with Gasteiger partial charge in [-0.3, -0.25) is 9.69 Å². The minimum absolute atomic E-state index is 0.240. The van der Waals surface area contributed by atoms with Gasteiger partial charge in [0.05, 0.1) is 13.2 Å². The van der Waals surface area contributed by atoms with Gasteiger partial charge in [-0.25, -0.2) is 0 Å². The number of carbonyl (C=O) groups excluding carboxylic acids is 1. The number of rotatable bonds is 4. The van der Waals surface area contributed by atoms with E-state index >= 15 is 0 Å². The fourth-order valence-electron chi connectivity index (χ4n) is 2.18. The fourth-order valence-corrected chi connectivity index (χ4v) is 2.18. The molecule has 1 heterocycles. The minimum atomic E-state index is -1.32. The molecule has 0 bridgehead atoms. The van der Waals surface area contributed by atoms with Gasteiger partial charge in [0.1, 0.15) is 5.60 Å². The van der Waals surface area contributed by atoms with Crippen molar-refractivity contribution in [1.82, 2.24) is 4.90 Å². The Kier molecular flexibility index (Phi) is 4.34. The molecule has 1 saturated heterocycles. The lowest BCUT2D eigenvalue weighted by Crippen LogP contribution is -2.35. The highest BCUT2D eigenvalue weighted by Crippen LogP contribution is 2.15. The van der Waals surface area contributed by atoms with Gasteiger partial charge in [-0.05, 0) is 25.5 Å². The van der Waals surface area contributed by atoms with Crippen LogP contribution in [0.25, 0.3) is 0 Å². The summed E-state index contributed by atoms with van der Waals surface area (Å²) in [4.78, 5) is 14.3. The molecule has 0 atom stereocenters. The van der Waals surface area contributed by atoms with E-state index < -0.39 is 5.60 Å². The summed E-state index contributed by atoms with van der Waals surface area (Å²) >= 11 is 0. The molecule has 19 heavy (non-hydrogen) atoms. The SMILES string of the molecule is CC(C)(O)C(=O)c1cccc(CN2CCOCC2)c1. The number of carbonyl (C=O) groups is 1. The zero-order valence-corrected chi connectivity index (χ0v) is 11.6. The van der Waals surface area contributed by atoms with E-state index in [9.17, 15) is 9.90 Å². The molecule has 0 unspecified atom stereocenters. The summed E-state index contributed by atoms with van der Waals surface area (Å²) in [6.07, 6.45) is 0. The quantitative estimate of drug-likeness (QED) is 0.836. The van der Waals surface area contributed by atoms with Gasteiger partial charge in [0, 0.05) is 25.2 Å². The molecule has 4 nitrogen and oxygen atoms in total. The first kappa shape index (κ1) is 14.2. The van der Waals surface area contributed by atoms with Crippen LogP contribution in [0.15, 0.2) is 24.3 Å². The first-order chi connectivity index (χ1) is 8.97. The Morgan fingerprint density at radius 3 is 2.68 bits per heavy atom. The maximum Gasteiger partial charge on any atom is 0.193 e. The second kappa shape index (κ2) is 5.82. The fraction of sp³-hybridized carbons (Fsp3) is 0.533. The molecule has 0 aliphatic carbocycles. The van der Waals surface area contributed by atoms with Gasteiger partial charge < -0.3 is 9.84 Å². The summed E-state index contributed by atoms with van der Waals surface area (Å²) in [5, 5.41) is 9.78. The topological polar surface area (TPSA) is 49.8 Å². The number of hydrogen-bond donors (Lipinski definition) is 1. The van der Waals surface area contributed by atoms with Crippen LogP contribution in [0.5, 0.6) is 0 Å². The number of nitrogens with zero attached hydrogens (tertiary/aromatic N) is 1. The minimum Gasteiger partial charge on any atom is -0.382 e. The van der Waals surface area contributed by atoms with E-state index in [0.29, 0.717) is 5.56 Å². The largest absolute Gasteiger partial charge is 0.382 e. The second-order valence-electron chi connectivity index (χ2n) is 5.48. The van der Waals surface area contributed by atoms with Gasteiger partial charge in [-0.2, -0.15) is 0 Å². The van der Waals surface area contributed by atoms with E-state index in [1.54, 1.807) is 6.07 Å². The molecule has 4 heteroatoms. The third-order valence-electron chi connectivity index (χ3n) is 3.25. The molecule has 0 spiro atoms. The van der Waals surface area contributed by atoms with Crippen molar-refractivity contribution in [3.8, 4) is 0 Å². The number of morpholine rings is 1. The second-order valence-corrected chi connectivity index (χ2v) is 5.48. The van der Waals surface area contributed by atoms with E-state index in [-0.39, 0.29) is 5.78 Å². The molecule has 1 fully saturated rings. The monoisotopic (exact) mass is 263 g/mol. The Labute approximate surface area is 114 Å². The Hall–Kier alpha value is -1.23. The van der Waals surface area contributed by atoms with Crippen molar-refractivity contribution in [2.45, 2.75) is 26.0 Å². The average molecular weight is 263 g/mol. The Morgan fingerprint density at radius 2 is 2.05 bits per heavy atom. The first-order valence-corrected chi connectivity index (χ1v) is 6.63. The van der Waals surface area contributed by atoms with Crippen LogP contribution in [0.3, 0.4) is 0 Å². The highest BCUT2D eigenvalue weighted by Gasteiger charge is 2.25. The van der Waals surface area contributed by atoms with Gasteiger partial charge in [-0.15, -0.1) is 0 Å². The van der Waals surface area contributed by atoms with Crippen LogP contribution in [-0.4, -0.2) is 47.7 Å². The predicted molar refractivity (Wildman–Crippen MR) is 73.2 cm³/mol.